The molecule has 1 amide bonds. The molecule has 3 rings (SSSR count). The molecule has 1 N–H and O–H groups in total. The normalized spacial score (nSPS) is 10.5. The number of methoxy groups -OCH3 is 1. The fourth-order valence-electron chi connectivity index (χ4n) is 3.24. The molecule has 0 fully saturated rings. The van der Waals surface area contributed by atoms with Gasteiger partial charge in [-0.3, -0.25) is 14.9 Å². The van der Waals surface area contributed by atoms with Gasteiger partial charge in [-0.25, -0.2) is 9.82 Å². The average molecular weight is 488 g/mol. The zero-order valence-corrected chi connectivity index (χ0v) is 19.2. The summed E-state index contributed by atoms with van der Waals surface area (Å²) < 4.78 is 25.5. The smallest absolute Gasteiger partial charge is 0.274 e. The molecule has 3 aromatic rings. The van der Waals surface area contributed by atoms with Crippen LogP contribution in [-0.4, -0.2) is 24.2 Å². The molecule has 0 aromatic heterocycles. The molecule has 36 heavy (non-hydrogen) atoms. The van der Waals surface area contributed by atoms with Crippen LogP contribution in [-0.2, 0) is 13.0 Å². The molecule has 0 saturated carbocycles. The predicted molar refractivity (Wildman–Crippen MR) is 130 cm³/mol. The minimum absolute atomic E-state index is 0.0127. The first-order valence-electron chi connectivity index (χ1n) is 10.6. The number of allylic oxidation sites excluding steroid dienone is 1. The summed E-state index contributed by atoms with van der Waals surface area (Å²) in [5, 5.41) is 23.5. The van der Waals surface area contributed by atoms with Crippen molar-refractivity contribution >= 4 is 17.8 Å². The molecule has 9 nitrogen and oxygen atoms in total. The minimum atomic E-state index is -0.828. The van der Waals surface area contributed by atoms with Gasteiger partial charge >= 0.3 is 0 Å². The van der Waals surface area contributed by atoms with E-state index in [9.17, 15) is 19.3 Å². The Morgan fingerprint density at radius 2 is 2.00 bits per heavy atom. The molecule has 0 aliphatic carbocycles. The predicted octanol–water partition coefficient (Wildman–Crippen LogP) is 4.69. The molecule has 0 aliphatic rings. The van der Waals surface area contributed by atoms with Gasteiger partial charge in [-0.2, -0.15) is 10.4 Å². The van der Waals surface area contributed by atoms with E-state index >= 15 is 0 Å². The Balaban J connectivity index is 1.77. The quantitative estimate of drug-likeness (QED) is 0.191. The van der Waals surface area contributed by atoms with Crippen molar-refractivity contribution in [1.82, 2.24) is 5.43 Å². The van der Waals surface area contributed by atoms with E-state index in [1.54, 1.807) is 36.4 Å². The molecule has 0 radical (unpaired) electrons. The number of benzene rings is 3. The highest BCUT2D eigenvalue weighted by atomic mass is 19.1. The van der Waals surface area contributed by atoms with Crippen LogP contribution < -0.4 is 14.9 Å². The van der Waals surface area contributed by atoms with Gasteiger partial charge in [-0.05, 0) is 60.0 Å². The van der Waals surface area contributed by atoms with Gasteiger partial charge in [0.2, 0.25) is 0 Å². The van der Waals surface area contributed by atoms with Crippen LogP contribution in [0.5, 0.6) is 11.5 Å². The van der Waals surface area contributed by atoms with Gasteiger partial charge in [0.25, 0.3) is 11.6 Å². The van der Waals surface area contributed by atoms with Crippen LogP contribution in [0, 0.1) is 27.3 Å². The Morgan fingerprint density at radius 1 is 1.25 bits per heavy atom. The lowest BCUT2D eigenvalue weighted by atomic mass is 10.1. The lowest BCUT2D eigenvalue weighted by molar-refractivity contribution is -0.384. The first-order valence-corrected chi connectivity index (χ1v) is 10.6. The number of halogens is 1. The lowest BCUT2D eigenvalue weighted by Gasteiger charge is -2.16. The molecule has 182 valence electrons. The van der Waals surface area contributed by atoms with E-state index in [1.807, 2.05) is 0 Å². The van der Waals surface area contributed by atoms with E-state index < -0.39 is 16.6 Å². The first kappa shape index (κ1) is 25.6. The average Bonchev–Trinajstić information content (AvgIpc) is 2.87. The topological polar surface area (TPSA) is 127 Å². The minimum Gasteiger partial charge on any atom is -0.493 e. The third-order valence-corrected chi connectivity index (χ3v) is 4.99. The van der Waals surface area contributed by atoms with Crippen LogP contribution in [0.4, 0.5) is 10.1 Å². The number of carbonyl (C=O) groups is 1. The van der Waals surface area contributed by atoms with Crippen LogP contribution >= 0.6 is 0 Å². The summed E-state index contributed by atoms with van der Waals surface area (Å²) >= 11 is 0. The Labute approximate surface area is 206 Å². The fraction of sp³-hybridized carbons (Fsp3) is 0.115. The van der Waals surface area contributed by atoms with Gasteiger partial charge in [0.15, 0.2) is 11.5 Å². The van der Waals surface area contributed by atoms with Gasteiger partial charge in [-0.15, -0.1) is 6.58 Å². The third kappa shape index (κ3) is 6.30. The van der Waals surface area contributed by atoms with E-state index in [2.05, 4.69) is 17.1 Å². The number of nitro benzene ring substituents is 1. The largest absolute Gasteiger partial charge is 0.493 e. The number of rotatable bonds is 10. The van der Waals surface area contributed by atoms with Crippen molar-refractivity contribution < 1.29 is 23.6 Å². The number of nitrogens with one attached hydrogen (secondary N) is 1. The van der Waals surface area contributed by atoms with Crippen LogP contribution in [0.25, 0.3) is 0 Å². The summed E-state index contributed by atoms with van der Waals surface area (Å²) in [6, 6.07) is 14.8. The van der Waals surface area contributed by atoms with E-state index in [1.165, 1.54) is 37.6 Å². The lowest BCUT2D eigenvalue weighted by Crippen LogP contribution is -2.19. The van der Waals surface area contributed by atoms with Gasteiger partial charge < -0.3 is 9.47 Å². The Hall–Kier alpha value is -5.04. The second-order valence-electron chi connectivity index (χ2n) is 7.42. The number of non-ortho nitro benzene ring substituents is 1. The van der Waals surface area contributed by atoms with Crippen molar-refractivity contribution in [2.45, 2.75) is 13.0 Å². The van der Waals surface area contributed by atoms with E-state index in [-0.39, 0.29) is 23.4 Å². The number of nitriles is 1. The SMILES string of the molecule is C=CCc1cc(/C=N\NC(=O)c2ccc(C#N)cc2F)cc(OC)c1OCc1ccc([N+](=O)[O-])cc1. The van der Waals surface area contributed by atoms with Crippen molar-refractivity contribution in [2.24, 2.45) is 5.10 Å². The zero-order chi connectivity index (χ0) is 26.1. The van der Waals surface area contributed by atoms with Gasteiger partial charge in [-0.1, -0.05) is 6.08 Å². The van der Waals surface area contributed by atoms with Gasteiger partial charge in [0.05, 0.1) is 35.4 Å². The molecule has 0 unspecified atom stereocenters. The highest BCUT2D eigenvalue weighted by Gasteiger charge is 2.14. The maximum Gasteiger partial charge on any atom is 0.274 e. The summed E-state index contributed by atoms with van der Waals surface area (Å²) in [6.07, 6.45) is 3.50. The van der Waals surface area contributed by atoms with Crippen LogP contribution in [0.1, 0.15) is 32.6 Å². The Bertz CT molecular complexity index is 1360. The Kier molecular flexibility index (Phi) is 8.45. The highest BCUT2D eigenvalue weighted by Crippen LogP contribution is 2.34. The molecule has 0 saturated heterocycles. The molecule has 3 aromatic carbocycles. The number of hydrogen-bond acceptors (Lipinski definition) is 7. The molecule has 0 spiro atoms. The van der Waals surface area contributed by atoms with Crippen LogP contribution in [0.2, 0.25) is 0 Å². The second-order valence-corrected chi connectivity index (χ2v) is 7.42. The molecule has 0 bridgehead atoms. The molecule has 10 heteroatoms. The molecular formula is C26H21FN4O5. The number of hydrazone groups is 1. The molecular weight excluding hydrogens is 467 g/mol. The van der Waals surface area contributed by atoms with Crippen molar-refractivity contribution in [3.63, 3.8) is 0 Å². The van der Waals surface area contributed by atoms with Crippen LogP contribution in [0.15, 0.2) is 72.4 Å². The van der Waals surface area contributed by atoms with E-state index in [0.29, 0.717) is 23.5 Å². The molecule has 0 heterocycles. The zero-order valence-electron chi connectivity index (χ0n) is 19.2. The molecule has 0 aliphatic heterocycles. The number of hydrogen-bond donors (Lipinski definition) is 1. The highest BCUT2D eigenvalue weighted by molar-refractivity contribution is 5.95. The maximum absolute atomic E-state index is 14.0. The van der Waals surface area contributed by atoms with Crippen molar-refractivity contribution in [1.29, 1.82) is 5.26 Å². The second kappa shape index (κ2) is 11.9. The fourth-order valence-corrected chi connectivity index (χ4v) is 3.24. The monoisotopic (exact) mass is 488 g/mol. The number of carbonyl (C=O) groups excluding carboxylic acids is 1. The number of ether oxygens (including phenoxy) is 2. The van der Waals surface area contributed by atoms with E-state index in [4.69, 9.17) is 14.7 Å². The molecule has 0 atom stereocenters. The first-order chi connectivity index (χ1) is 17.4. The van der Waals surface area contributed by atoms with Crippen molar-refractivity contribution in [3.05, 3.63) is 111 Å². The summed E-state index contributed by atoms with van der Waals surface area (Å²) in [5.74, 6) is -0.723. The van der Waals surface area contributed by atoms with Gasteiger partial charge in [0, 0.05) is 17.7 Å². The number of amides is 1. The van der Waals surface area contributed by atoms with Crippen molar-refractivity contribution in [3.8, 4) is 17.6 Å². The summed E-state index contributed by atoms with van der Waals surface area (Å²) in [6.45, 7) is 3.91. The standard InChI is InChI=1S/C26H21FN4O5/c1-3-4-20-11-19(15-29-30-26(32)22-10-7-18(14-28)12-23(22)27)13-24(35-2)25(20)36-16-17-5-8-21(9-6-17)31(33)34/h3,5-13,15H,1,4,16H2,2H3,(H,30,32)/b29-15-. The van der Waals surface area contributed by atoms with Gasteiger partial charge in [0.1, 0.15) is 12.4 Å². The summed E-state index contributed by atoms with van der Waals surface area (Å²) in [7, 11) is 1.47. The number of nitro groups is 1. The van der Waals surface area contributed by atoms with E-state index in [0.717, 1.165) is 17.2 Å². The number of nitrogens with zero attached hydrogens (tertiary/aromatic N) is 3. The maximum atomic E-state index is 14.0. The third-order valence-electron chi connectivity index (χ3n) is 4.99. The van der Waals surface area contributed by atoms with Crippen molar-refractivity contribution in [2.75, 3.05) is 7.11 Å². The summed E-state index contributed by atoms with van der Waals surface area (Å²) in [5.41, 5.74) is 4.14. The van der Waals surface area contributed by atoms with Crippen LogP contribution in [0.3, 0.4) is 0 Å². The summed E-state index contributed by atoms with van der Waals surface area (Å²) in [4.78, 5) is 22.6. The Morgan fingerprint density at radius 3 is 2.61 bits per heavy atom.